The summed E-state index contributed by atoms with van der Waals surface area (Å²) in [5.41, 5.74) is 0.161. The van der Waals surface area contributed by atoms with Gasteiger partial charge in [0.2, 0.25) is 67.7 Å². The standard InChI is InChI=1S/C28H32N6O12S2/c1-47(43,44)29-19-7-3-17(4-8-19)25(39)27(41)33-21(35)13-31(14-22(33)36)11-12-32-15-23(37)34(24(38)16-32)28(42)26(40)18-5-9-20(10-6-18)30-48(2,45)46/h3-10,27-30,41-42H,11-16H2,1-2H3. The fourth-order valence-electron chi connectivity index (χ4n) is 4.97. The summed E-state index contributed by atoms with van der Waals surface area (Å²) in [4.78, 5) is 80.4. The lowest BCUT2D eigenvalue weighted by atomic mass is 10.1. The fraction of sp³-hybridized carbons (Fsp3) is 0.357. The molecule has 48 heavy (non-hydrogen) atoms. The third-order valence-corrected chi connectivity index (χ3v) is 8.36. The largest absolute Gasteiger partial charge is 0.366 e. The zero-order chi connectivity index (χ0) is 35.6. The second-order valence-corrected chi connectivity index (χ2v) is 14.6. The summed E-state index contributed by atoms with van der Waals surface area (Å²) in [5.74, 6) is -5.43. The maximum absolute atomic E-state index is 12.8. The second-order valence-electron chi connectivity index (χ2n) is 11.1. The number of imide groups is 2. The average Bonchev–Trinajstić information content (AvgIpc) is 2.97. The zero-order valence-corrected chi connectivity index (χ0v) is 27.2. The first kappa shape index (κ1) is 36.2. The van der Waals surface area contributed by atoms with Crippen LogP contribution in [0, 0.1) is 0 Å². The summed E-state index contributed by atoms with van der Waals surface area (Å²) >= 11 is 0. The molecule has 0 bridgehead atoms. The molecule has 2 aromatic rings. The van der Waals surface area contributed by atoms with Gasteiger partial charge in [0.25, 0.3) is 0 Å². The van der Waals surface area contributed by atoms with Crippen LogP contribution >= 0.6 is 0 Å². The molecule has 20 heteroatoms. The molecule has 0 aromatic heterocycles. The third kappa shape index (κ3) is 9.05. The van der Waals surface area contributed by atoms with Crippen molar-refractivity contribution in [2.24, 2.45) is 0 Å². The van der Waals surface area contributed by atoms with Crippen LogP contribution < -0.4 is 9.44 Å². The number of hydrogen-bond acceptors (Lipinski definition) is 14. The number of aliphatic hydroxyl groups excluding tert-OH is 2. The molecule has 0 aliphatic carbocycles. The van der Waals surface area contributed by atoms with Crippen molar-refractivity contribution >= 4 is 66.6 Å². The van der Waals surface area contributed by atoms with E-state index in [0.29, 0.717) is 9.80 Å². The predicted octanol–water partition coefficient (Wildman–Crippen LogP) is -2.53. The number of sulfonamides is 2. The van der Waals surface area contributed by atoms with Crippen molar-refractivity contribution in [3.05, 3.63) is 59.7 Å². The van der Waals surface area contributed by atoms with E-state index in [1.54, 1.807) is 0 Å². The third-order valence-electron chi connectivity index (χ3n) is 7.15. The molecule has 258 valence electrons. The smallest absolute Gasteiger partial charge is 0.245 e. The number of carbonyl (C=O) groups excluding carboxylic acids is 6. The molecule has 4 amide bonds. The number of ketones is 2. The minimum atomic E-state index is -3.57. The highest BCUT2D eigenvalue weighted by molar-refractivity contribution is 7.92. The Balaban J connectivity index is 1.29. The molecule has 0 radical (unpaired) electrons. The minimum absolute atomic E-state index is 0.0278. The van der Waals surface area contributed by atoms with Crippen LogP contribution in [-0.2, 0) is 39.2 Å². The summed E-state index contributed by atoms with van der Waals surface area (Å²) in [6.45, 7) is -1.44. The van der Waals surface area contributed by atoms with Crippen LogP contribution in [0.3, 0.4) is 0 Å². The van der Waals surface area contributed by atoms with Crippen molar-refractivity contribution in [2.75, 3.05) is 61.2 Å². The Bertz CT molecular complexity index is 1680. The van der Waals surface area contributed by atoms with Gasteiger partial charge in [-0.25, -0.2) is 26.6 Å². The first-order valence-electron chi connectivity index (χ1n) is 14.1. The Morgan fingerprint density at radius 1 is 0.604 bits per heavy atom. The number of carbonyl (C=O) groups is 6. The van der Waals surface area contributed by atoms with Crippen LogP contribution in [-0.4, -0.2) is 146 Å². The first-order valence-corrected chi connectivity index (χ1v) is 17.9. The van der Waals surface area contributed by atoms with E-state index in [9.17, 15) is 55.8 Å². The average molecular weight is 709 g/mol. The molecule has 0 spiro atoms. The summed E-state index contributed by atoms with van der Waals surface area (Å²) < 4.78 is 49.9. The molecule has 2 heterocycles. The maximum Gasteiger partial charge on any atom is 0.245 e. The van der Waals surface area contributed by atoms with Crippen LogP contribution in [0.15, 0.2) is 48.5 Å². The molecule has 18 nitrogen and oxygen atoms in total. The Morgan fingerprint density at radius 3 is 1.12 bits per heavy atom. The molecule has 4 N–H and O–H groups in total. The van der Waals surface area contributed by atoms with E-state index < -0.39 is 67.7 Å². The predicted molar refractivity (Wildman–Crippen MR) is 167 cm³/mol. The Labute approximate surface area is 275 Å². The molecule has 2 saturated heterocycles. The SMILES string of the molecule is CS(=O)(=O)Nc1ccc(C(=O)C(O)N2C(=O)CN(CCN3CC(=O)N(C(O)C(=O)c4ccc(NS(C)(=O)=O)cc4)C(=O)C3)CC2=O)cc1. The number of anilines is 2. The van der Waals surface area contributed by atoms with E-state index in [2.05, 4.69) is 9.44 Å². The number of benzene rings is 2. The van der Waals surface area contributed by atoms with Crippen molar-refractivity contribution in [1.82, 2.24) is 19.6 Å². The highest BCUT2D eigenvalue weighted by Gasteiger charge is 2.41. The van der Waals surface area contributed by atoms with Gasteiger partial charge in [0.1, 0.15) is 0 Å². The van der Waals surface area contributed by atoms with Gasteiger partial charge in [-0.2, -0.15) is 0 Å². The van der Waals surface area contributed by atoms with Crippen LogP contribution in [0.25, 0.3) is 0 Å². The highest BCUT2D eigenvalue weighted by Crippen LogP contribution is 2.18. The van der Waals surface area contributed by atoms with Crippen molar-refractivity contribution in [1.29, 1.82) is 0 Å². The summed E-state index contributed by atoms with van der Waals surface area (Å²) in [7, 11) is -7.13. The molecular weight excluding hydrogens is 676 g/mol. The van der Waals surface area contributed by atoms with Crippen LogP contribution in [0.5, 0.6) is 0 Å². The molecule has 2 atom stereocenters. The number of nitrogens with one attached hydrogen (secondary N) is 2. The van der Waals surface area contributed by atoms with Gasteiger partial charge in [0, 0.05) is 35.6 Å². The van der Waals surface area contributed by atoms with Gasteiger partial charge in [0.05, 0.1) is 38.7 Å². The molecule has 4 rings (SSSR count). The Hall–Kier alpha value is -4.60. The van der Waals surface area contributed by atoms with Gasteiger partial charge in [-0.3, -0.25) is 48.0 Å². The van der Waals surface area contributed by atoms with E-state index in [0.717, 1.165) is 12.5 Å². The Kier molecular flexibility index (Phi) is 10.8. The summed E-state index contributed by atoms with van der Waals surface area (Å²) in [6.07, 6.45) is -2.37. The number of Topliss-reactive ketones (excluding diaryl/α,β-unsaturated/α-hetero) is 2. The van der Waals surface area contributed by atoms with Crippen LogP contribution in [0.4, 0.5) is 11.4 Å². The number of rotatable bonds is 13. The van der Waals surface area contributed by atoms with Crippen LogP contribution in [0.2, 0.25) is 0 Å². The first-order chi connectivity index (χ1) is 22.3. The topological polar surface area (TPSA) is 248 Å². The fourth-order valence-corrected chi connectivity index (χ4v) is 6.10. The minimum Gasteiger partial charge on any atom is -0.366 e. The number of hydrogen-bond donors (Lipinski definition) is 4. The lowest BCUT2D eigenvalue weighted by molar-refractivity contribution is -0.163. The molecule has 2 fully saturated rings. The van der Waals surface area contributed by atoms with E-state index in [4.69, 9.17) is 0 Å². The van der Waals surface area contributed by atoms with E-state index in [1.165, 1.54) is 58.3 Å². The van der Waals surface area contributed by atoms with Gasteiger partial charge in [-0.15, -0.1) is 0 Å². The summed E-state index contributed by atoms with van der Waals surface area (Å²) in [5, 5.41) is 21.1. The number of nitrogens with zero attached hydrogens (tertiary/aromatic N) is 4. The molecular formula is C28H32N6O12S2. The summed E-state index contributed by atoms with van der Waals surface area (Å²) in [6, 6.07) is 9.99. The lowest BCUT2D eigenvalue weighted by Crippen LogP contribution is -2.61. The number of aliphatic hydroxyl groups is 2. The molecule has 2 unspecified atom stereocenters. The monoisotopic (exact) mass is 708 g/mol. The van der Waals surface area contributed by atoms with E-state index >= 15 is 0 Å². The van der Waals surface area contributed by atoms with Gasteiger partial charge in [0.15, 0.2) is 0 Å². The van der Waals surface area contributed by atoms with E-state index in [1.807, 2.05) is 0 Å². The zero-order valence-electron chi connectivity index (χ0n) is 25.6. The Morgan fingerprint density at radius 2 is 0.875 bits per heavy atom. The van der Waals surface area contributed by atoms with Gasteiger partial charge in [-0.1, -0.05) is 0 Å². The lowest BCUT2D eigenvalue weighted by Gasteiger charge is -2.37. The van der Waals surface area contributed by atoms with Crippen molar-refractivity contribution in [3.63, 3.8) is 0 Å². The molecule has 2 aliphatic rings. The molecule has 2 aromatic carbocycles. The van der Waals surface area contributed by atoms with Gasteiger partial charge < -0.3 is 10.2 Å². The molecule has 0 saturated carbocycles. The van der Waals surface area contributed by atoms with Crippen molar-refractivity contribution in [3.8, 4) is 0 Å². The normalized spacial score (nSPS) is 18.1. The second kappa shape index (κ2) is 14.3. The molecule has 2 aliphatic heterocycles. The highest BCUT2D eigenvalue weighted by atomic mass is 32.2. The number of piperazine rings is 2. The van der Waals surface area contributed by atoms with Crippen LogP contribution in [0.1, 0.15) is 20.7 Å². The van der Waals surface area contributed by atoms with Gasteiger partial charge >= 0.3 is 0 Å². The van der Waals surface area contributed by atoms with Crippen molar-refractivity contribution < 1.29 is 55.8 Å². The number of amides is 4. The maximum atomic E-state index is 12.8. The quantitative estimate of drug-likeness (QED) is 0.124. The van der Waals surface area contributed by atoms with Gasteiger partial charge in [-0.05, 0) is 48.5 Å². The van der Waals surface area contributed by atoms with E-state index in [-0.39, 0.29) is 61.8 Å². The van der Waals surface area contributed by atoms with Crippen molar-refractivity contribution in [2.45, 2.75) is 12.5 Å².